The summed E-state index contributed by atoms with van der Waals surface area (Å²) in [4.78, 5) is 2.42. The molecule has 0 radical (unpaired) electrons. The predicted molar refractivity (Wildman–Crippen MR) is 120 cm³/mol. The summed E-state index contributed by atoms with van der Waals surface area (Å²) in [5.41, 5.74) is 2.36. The molecule has 0 aromatic heterocycles. The molecule has 0 unspecified atom stereocenters. The number of hydrogen-bond donors (Lipinski definition) is 1. The molecule has 3 fully saturated rings. The lowest BCUT2D eigenvalue weighted by Crippen LogP contribution is -2.50. The van der Waals surface area contributed by atoms with Crippen LogP contribution < -0.4 is 0 Å². The average molecular weight is 440 g/mol. The largest absolute Gasteiger partial charge is 0.396 e. The highest BCUT2D eigenvalue weighted by Crippen LogP contribution is 2.43. The number of benzene rings is 2. The Labute approximate surface area is 190 Å². The zero-order chi connectivity index (χ0) is 22.1. The van der Waals surface area contributed by atoms with Crippen molar-refractivity contribution in [2.45, 2.75) is 69.9 Å². The van der Waals surface area contributed by atoms with Gasteiger partial charge in [-0.2, -0.15) is 0 Å². The Kier molecular flexibility index (Phi) is 6.34. The van der Waals surface area contributed by atoms with E-state index in [1.54, 1.807) is 0 Å². The van der Waals surface area contributed by atoms with Gasteiger partial charge in [-0.1, -0.05) is 60.7 Å². The molecule has 0 aliphatic carbocycles. The molecule has 2 aromatic carbocycles. The number of nitrogens with zero attached hydrogens (tertiary/aromatic N) is 1. The molecule has 3 aliphatic heterocycles. The van der Waals surface area contributed by atoms with Crippen LogP contribution in [0.4, 0.5) is 0 Å². The van der Waals surface area contributed by atoms with Gasteiger partial charge in [0.25, 0.3) is 0 Å². The first-order chi connectivity index (χ1) is 15.5. The smallest absolute Gasteiger partial charge is 0.190 e. The van der Waals surface area contributed by atoms with E-state index in [0.29, 0.717) is 6.61 Å². The van der Waals surface area contributed by atoms with Gasteiger partial charge in [-0.15, -0.1) is 0 Å². The molecule has 6 heteroatoms. The normalized spacial score (nSPS) is 34.1. The van der Waals surface area contributed by atoms with Gasteiger partial charge in [-0.25, -0.2) is 0 Å². The molecule has 0 spiro atoms. The minimum absolute atomic E-state index is 0.0295. The lowest BCUT2D eigenvalue weighted by molar-refractivity contribution is -0.227. The van der Waals surface area contributed by atoms with Gasteiger partial charge < -0.3 is 24.1 Å². The zero-order valence-electron chi connectivity index (χ0n) is 18.8. The van der Waals surface area contributed by atoms with Gasteiger partial charge in [-0.3, -0.25) is 4.90 Å². The molecule has 172 valence electrons. The number of rotatable bonds is 7. The number of likely N-dealkylation sites (tertiary alicyclic amines) is 1. The first-order valence-electron chi connectivity index (χ1n) is 11.6. The van der Waals surface area contributed by atoms with Crippen LogP contribution in [-0.4, -0.2) is 59.6 Å². The molecule has 32 heavy (non-hydrogen) atoms. The quantitative estimate of drug-likeness (QED) is 0.714. The summed E-state index contributed by atoms with van der Waals surface area (Å²) >= 11 is 0. The monoisotopic (exact) mass is 439 g/mol. The summed E-state index contributed by atoms with van der Waals surface area (Å²) in [6.45, 7) is 6.16. The van der Waals surface area contributed by atoms with Gasteiger partial charge >= 0.3 is 0 Å². The molecule has 0 amide bonds. The van der Waals surface area contributed by atoms with Gasteiger partial charge in [0.2, 0.25) is 0 Å². The lowest BCUT2D eigenvalue weighted by Gasteiger charge is -2.36. The van der Waals surface area contributed by atoms with E-state index in [-0.39, 0.29) is 36.9 Å². The van der Waals surface area contributed by atoms with Gasteiger partial charge in [-0.05, 0) is 37.9 Å². The number of fused-ring (bicyclic) bond motifs is 1. The van der Waals surface area contributed by atoms with E-state index in [9.17, 15) is 5.11 Å². The van der Waals surface area contributed by atoms with Crippen LogP contribution in [-0.2, 0) is 32.1 Å². The summed E-state index contributed by atoms with van der Waals surface area (Å²) in [5, 5.41) is 10.2. The molecular weight excluding hydrogens is 406 g/mol. The van der Waals surface area contributed by atoms with Crippen molar-refractivity contribution in [1.29, 1.82) is 0 Å². The Bertz CT molecular complexity index is 876. The maximum absolute atomic E-state index is 10.2. The fourth-order valence-corrected chi connectivity index (χ4v) is 5.36. The van der Waals surface area contributed by atoms with E-state index in [1.165, 1.54) is 5.56 Å². The van der Waals surface area contributed by atoms with Crippen LogP contribution in [0.25, 0.3) is 0 Å². The molecule has 6 atom stereocenters. The van der Waals surface area contributed by atoms with Crippen LogP contribution in [0.2, 0.25) is 0 Å². The van der Waals surface area contributed by atoms with E-state index in [4.69, 9.17) is 18.9 Å². The van der Waals surface area contributed by atoms with Gasteiger partial charge in [0, 0.05) is 25.1 Å². The summed E-state index contributed by atoms with van der Waals surface area (Å²) in [6.07, 6.45) is -0.348. The first-order valence-corrected chi connectivity index (χ1v) is 11.6. The molecule has 6 nitrogen and oxygen atoms in total. The van der Waals surface area contributed by atoms with Crippen molar-refractivity contribution in [2.75, 3.05) is 13.2 Å². The van der Waals surface area contributed by atoms with E-state index in [1.807, 2.05) is 38.1 Å². The van der Waals surface area contributed by atoms with E-state index < -0.39 is 12.1 Å². The first kappa shape index (κ1) is 22.0. The van der Waals surface area contributed by atoms with Gasteiger partial charge in [0.15, 0.2) is 12.1 Å². The SMILES string of the molecule is CC1(C)O[C@H]2O[C@H]([C@H]3[C@@H](CO)CCN3Cc3ccccc3)[C@H](OCc3ccccc3)[C@H]2O1. The Morgan fingerprint density at radius 1 is 0.969 bits per heavy atom. The third-order valence-electron chi connectivity index (χ3n) is 6.80. The summed E-state index contributed by atoms with van der Waals surface area (Å²) in [5.74, 6) is -0.580. The predicted octanol–water partition coefficient (Wildman–Crippen LogP) is 3.33. The highest BCUT2D eigenvalue weighted by molar-refractivity contribution is 5.16. The molecule has 3 saturated heterocycles. The molecule has 5 rings (SSSR count). The molecular formula is C26H33NO5. The Balaban J connectivity index is 1.39. The van der Waals surface area contributed by atoms with E-state index >= 15 is 0 Å². The summed E-state index contributed by atoms with van der Waals surface area (Å²) in [7, 11) is 0. The molecule has 0 bridgehead atoms. The second-order valence-electron chi connectivity index (χ2n) is 9.51. The minimum Gasteiger partial charge on any atom is -0.396 e. The number of aliphatic hydroxyl groups is 1. The lowest BCUT2D eigenvalue weighted by atomic mass is 9.92. The molecule has 2 aromatic rings. The van der Waals surface area contributed by atoms with Crippen LogP contribution in [0.3, 0.4) is 0 Å². The Hall–Kier alpha value is -1.80. The third-order valence-corrected chi connectivity index (χ3v) is 6.80. The van der Waals surface area contributed by atoms with Crippen LogP contribution in [0.1, 0.15) is 31.4 Å². The topological polar surface area (TPSA) is 60.4 Å². The van der Waals surface area contributed by atoms with Crippen molar-refractivity contribution < 1.29 is 24.1 Å². The summed E-state index contributed by atoms with van der Waals surface area (Å²) < 4.78 is 25.2. The van der Waals surface area contributed by atoms with E-state index in [0.717, 1.165) is 25.1 Å². The molecule has 3 aliphatic rings. The number of ether oxygens (including phenoxy) is 4. The van der Waals surface area contributed by atoms with E-state index in [2.05, 4.69) is 41.3 Å². The van der Waals surface area contributed by atoms with Crippen LogP contribution >= 0.6 is 0 Å². The van der Waals surface area contributed by atoms with Crippen LogP contribution in [0.5, 0.6) is 0 Å². The fraction of sp³-hybridized carbons (Fsp3) is 0.538. The fourth-order valence-electron chi connectivity index (χ4n) is 5.36. The standard InChI is InChI=1S/C26H33NO5/c1-26(2)31-24-23(29-17-19-11-7-4-8-12-19)22(30-25(24)32-26)21-20(16-28)13-14-27(21)15-18-9-5-3-6-10-18/h3-12,20-25,28H,13-17H2,1-2H3/t20-,21-,22-,23+,24-,25-/m1/s1. The van der Waals surface area contributed by atoms with Crippen molar-refractivity contribution in [1.82, 2.24) is 4.90 Å². The van der Waals surface area contributed by atoms with Gasteiger partial charge in [0.05, 0.1) is 6.61 Å². The van der Waals surface area contributed by atoms with Gasteiger partial charge in [0.1, 0.15) is 18.3 Å². The average Bonchev–Trinajstić information content (AvgIpc) is 3.43. The minimum atomic E-state index is -0.704. The Morgan fingerprint density at radius 3 is 2.34 bits per heavy atom. The van der Waals surface area contributed by atoms with Crippen molar-refractivity contribution in [3.05, 3.63) is 71.8 Å². The van der Waals surface area contributed by atoms with Crippen molar-refractivity contribution in [3.63, 3.8) is 0 Å². The summed E-state index contributed by atoms with van der Waals surface area (Å²) in [6, 6.07) is 20.6. The number of aliphatic hydroxyl groups excluding tert-OH is 1. The highest BCUT2D eigenvalue weighted by atomic mass is 16.8. The zero-order valence-corrected chi connectivity index (χ0v) is 18.8. The van der Waals surface area contributed by atoms with Crippen molar-refractivity contribution >= 4 is 0 Å². The van der Waals surface area contributed by atoms with Crippen LogP contribution in [0, 0.1) is 5.92 Å². The maximum Gasteiger partial charge on any atom is 0.190 e. The Morgan fingerprint density at radius 2 is 1.66 bits per heavy atom. The second kappa shape index (κ2) is 9.21. The van der Waals surface area contributed by atoms with Crippen LogP contribution in [0.15, 0.2) is 60.7 Å². The third kappa shape index (κ3) is 4.49. The molecule has 1 N–H and O–H groups in total. The van der Waals surface area contributed by atoms with Crippen molar-refractivity contribution in [2.24, 2.45) is 5.92 Å². The van der Waals surface area contributed by atoms with Crippen molar-refractivity contribution in [3.8, 4) is 0 Å². The molecule has 0 saturated carbocycles. The maximum atomic E-state index is 10.2. The highest BCUT2D eigenvalue weighted by Gasteiger charge is 2.59. The second-order valence-corrected chi connectivity index (χ2v) is 9.51. The molecule has 3 heterocycles. The number of hydrogen-bond acceptors (Lipinski definition) is 6.